The van der Waals surface area contributed by atoms with Gasteiger partial charge in [0, 0.05) is 4.88 Å². The SMILES string of the molecule is CCOc1ncnc(OC)c1C(=O)Nc1nc(C(F)(F)F)c(CC)s1. The number of halogens is 3. The number of carbonyl (C=O) groups excluding carboxylic acids is 1. The normalized spacial score (nSPS) is 11.3. The van der Waals surface area contributed by atoms with Gasteiger partial charge in [-0.1, -0.05) is 6.92 Å². The molecule has 0 spiro atoms. The number of hydrogen-bond donors (Lipinski definition) is 1. The van der Waals surface area contributed by atoms with E-state index in [4.69, 9.17) is 9.47 Å². The highest BCUT2D eigenvalue weighted by molar-refractivity contribution is 7.15. The number of anilines is 1. The van der Waals surface area contributed by atoms with E-state index in [-0.39, 0.29) is 40.4 Å². The van der Waals surface area contributed by atoms with Crippen LogP contribution in [0.3, 0.4) is 0 Å². The maximum atomic E-state index is 13.0. The van der Waals surface area contributed by atoms with Crippen LogP contribution in [0.5, 0.6) is 11.8 Å². The third kappa shape index (κ3) is 4.16. The minimum atomic E-state index is -4.59. The number of hydrogen-bond acceptors (Lipinski definition) is 7. The molecule has 2 heterocycles. The van der Waals surface area contributed by atoms with Crippen molar-refractivity contribution in [2.45, 2.75) is 26.4 Å². The smallest absolute Gasteiger partial charge is 0.434 e. The van der Waals surface area contributed by atoms with Crippen LogP contribution in [0.25, 0.3) is 0 Å². The molecule has 0 atom stereocenters. The molecule has 25 heavy (non-hydrogen) atoms. The number of nitrogens with zero attached hydrogens (tertiary/aromatic N) is 3. The zero-order valence-corrected chi connectivity index (χ0v) is 14.4. The Bertz CT molecular complexity index is 764. The number of carbonyl (C=O) groups is 1. The van der Waals surface area contributed by atoms with E-state index in [2.05, 4.69) is 20.3 Å². The highest BCUT2D eigenvalue weighted by Gasteiger charge is 2.37. The molecule has 11 heteroatoms. The van der Waals surface area contributed by atoms with Crippen LogP contribution >= 0.6 is 11.3 Å². The van der Waals surface area contributed by atoms with Crippen molar-refractivity contribution in [1.82, 2.24) is 15.0 Å². The molecule has 0 fully saturated rings. The number of nitrogens with one attached hydrogen (secondary N) is 1. The van der Waals surface area contributed by atoms with Gasteiger partial charge in [-0.3, -0.25) is 10.1 Å². The fraction of sp³-hybridized carbons (Fsp3) is 0.429. The lowest BCUT2D eigenvalue weighted by Crippen LogP contribution is -2.17. The number of aromatic nitrogens is 3. The lowest BCUT2D eigenvalue weighted by Gasteiger charge is -2.10. The molecule has 2 aromatic heterocycles. The summed E-state index contributed by atoms with van der Waals surface area (Å²) < 4.78 is 49.2. The summed E-state index contributed by atoms with van der Waals surface area (Å²) in [7, 11) is 1.30. The van der Waals surface area contributed by atoms with Gasteiger partial charge in [-0.05, 0) is 13.3 Å². The number of methoxy groups -OCH3 is 1. The summed E-state index contributed by atoms with van der Waals surface area (Å²) in [5.74, 6) is -0.861. The average molecular weight is 376 g/mol. The predicted octanol–water partition coefficient (Wildman–Crippen LogP) is 3.17. The number of ether oxygens (including phenoxy) is 2. The monoisotopic (exact) mass is 376 g/mol. The van der Waals surface area contributed by atoms with Crippen molar-refractivity contribution in [1.29, 1.82) is 0 Å². The molecule has 0 aromatic carbocycles. The Kier molecular flexibility index (Phi) is 5.77. The Morgan fingerprint density at radius 3 is 2.48 bits per heavy atom. The maximum Gasteiger partial charge on any atom is 0.434 e. The Morgan fingerprint density at radius 2 is 1.96 bits per heavy atom. The zero-order valence-electron chi connectivity index (χ0n) is 13.6. The molecule has 0 aliphatic rings. The largest absolute Gasteiger partial charge is 0.480 e. The van der Waals surface area contributed by atoms with Gasteiger partial charge in [0.25, 0.3) is 5.91 Å². The lowest BCUT2D eigenvalue weighted by molar-refractivity contribution is -0.141. The van der Waals surface area contributed by atoms with Gasteiger partial charge in [-0.15, -0.1) is 11.3 Å². The molecule has 7 nitrogen and oxygen atoms in total. The fourth-order valence-electron chi connectivity index (χ4n) is 1.98. The van der Waals surface area contributed by atoms with Gasteiger partial charge in [-0.2, -0.15) is 13.2 Å². The minimum absolute atomic E-state index is 0.0316. The van der Waals surface area contributed by atoms with Crippen LogP contribution in [-0.4, -0.2) is 34.6 Å². The van der Waals surface area contributed by atoms with Crippen molar-refractivity contribution in [3.63, 3.8) is 0 Å². The van der Waals surface area contributed by atoms with E-state index in [0.29, 0.717) is 0 Å². The molecule has 0 radical (unpaired) electrons. The fourth-order valence-corrected chi connectivity index (χ4v) is 2.89. The highest BCUT2D eigenvalue weighted by Crippen LogP contribution is 2.36. The molecule has 0 unspecified atom stereocenters. The van der Waals surface area contributed by atoms with Crippen molar-refractivity contribution >= 4 is 22.4 Å². The summed E-state index contributed by atoms with van der Waals surface area (Å²) in [4.78, 5) is 23.7. The van der Waals surface area contributed by atoms with Gasteiger partial charge < -0.3 is 9.47 Å². The van der Waals surface area contributed by atoms with E-state index in [1.165, 1.54) is 7.11 Å². The van der Waals surface area contributed by atoms with E-state index >= 15 is 0 Å². The summed E-state index contributed by atoms with van der Waals surface area (Å²) in [6, 6.07) is 0. The molecular formula is C14H15F3N4O3S. The predicted molar refractivity (Wildman–Crippen MR) is 84.2 cm³/mol. The van der Waals surface area contributed by atoms with Crippen molar-refractivity contribution in [3.05, 3.63) is 22.5 Å². The first-order valence-corrected chi connectivity index (χ1v) is 8.03. The summed E-state index contributed by atoms with van der Waals surface area (Å²) in [5, 5.41) is 2.15. The molecular weight excluding hydrogens is 361 g/mol. The van der Waals surface area contributed by atoms with Crippen molar-refractivity contribution in [3.8, 4) is 11.8 Å². The summed E-state index contributed by atoms with van der Waals surface area (Å²) in [6.45, 7) is 3.51. The molecule has 0 saturated carbocycles. The van der Waals surface area contributed by atoms with E-state index in [9.17, 15) is 18.0 Å². The van der Waals surface area contributed by atoms with Gasteiger partial charge in [0.2, 0.25) is 11.8 Å². The van der Waals surface area contributed by atoms with Crippen molar-refractivity contribution in [2.24, 2.45) is 0 Å². The lowest BCUT2D eigenvalue weighted by atomic mass is 10.3. The van der Waals surface area contributed by atoms with E-state index in [1.54, 1.807) is 13.8 Å². The van der Waals surface area contributed by atoms with Crippen molar-refractivity contribution < 1.29 is 27.4 Å². The molecule has 2 aromatic rings. The third-order valence-corrected chi connectivity index (χ3v) is 4.10. The van der Waals surface area contributed by atoms with Gasteiger partial charge in [-0.25, -0.2) is 15.0 Å². The summed E-state index contributed by atoms with van der Waals surface area (Å²) in [6.07, 6.45) is -3.29. The van der Waals surface area contributed by atoms with Crippen LogP contribution in [-0.2, 0) is 12.6 Å². The molecule has 1 amide bonds. The van der Waals surface area contributed by atoms with Crippen LogP contribution in [0.4, 0.5) is 18.3 Å². The maximum absolute atomic E-state index is 13.0. The summed E-state index contributed by atoms with van der Waals surface area (Å²) in [5.41, 5.74) is -1.12. The molecule has 1 N–H and O–H groups in total. The van der Waals surface area contributed by atoms with Crippen molar-refractivity contribution in [2.75, 3.05) is 19.0 Å². The average Bonchev–Trinajstić information content (AvgIpc) is 2.98. The topological polar surface area (TPSA) is 86.2 Å². The number of amides is 1. The van der Waals surface area contributed by atoms with E-state index in [0.717, 1.165) is 17.7 Å². The zero-order chi connectivity index (χ0) is 18.6. The number of rotatable bonds is 6. The van der Waals surface area contributed by atoms with Gasteiger partial charge in [0.05, 0.1) is 13.7 Å². The van der Waals surface area contributed by atoms with Gasteiger partial charge >= 0.3 is 6.18 Å². The molecule has 2 rings (SSSR count). The molecule has 0 saturated heterocycles. The second-order valence-corrected chi connectivity index (χ2v) is 5.68. The van der Waals surface area contributed by atoms with Crippen LogP contribution < -0.4 is 14.8 Å². The second kappa shape index (κ2) is 7.64. The van der Waals surface area contributed by atoms with Crippen LogP contribution in [0.2, 0.25) is 0 Å². The Hall–Kier alpha value is -2.43. The first-order valence-electron chi connectivity index (χ1n) is 7.21. The van der Waals surface area contributed by atoms with Gasteiger partial charge in [0.15, 0.2) is 16.4 Å². The van der Waals surface area contributed by atoms with E-state index < -0.39 is 17.8 Å². The minimum Gasteiger partial charge on any atom is -0.480 e. The van der Waals surface area contributed by atoms with Crippen LogP contribution in [0.1, 0.15) is 34.8 Å². The Labute approximate surface area is 145 Å². The molecule has 0 aliphatic heterocycles. The molecule has 0 aliphatic carbocycles. The highest BCUT2D eigenvalue weighted by atomic mass is 32.1. The quantitative estimate of drug-likeness (QED) is 0.833. The number of alkyl halides is 3. The molecule has 0 bridgehead atoms. The number of aryl methyl sites for hydroxylation is 1. The van der Waals surface area contributed by atoms with Gasteiger partial charge in [0.1, 0.15) is 6.33 Å². The van der Waals surface area contributed by atoms with Crippen LogP contribution in [0.15, 0.2) is 6.33 Å². The summed E-state index contributed by atoms with van der Waals surface area (Å²) >= 11 is 0.757. The first kappa shape index (κ1) is 18.9. The molecule has 136 valence electrons. The first-order chi connectivity index (χ1) is 11.8. The standard InChI is InChI=1S/C14H15F3N4O3S/c1-4-7-9(14(15,16)17)20-13(25-7)21-10(22)8-11(23-3)18-6-19-12(8)24-5-2/h6H,4-5H2,1-3H3,(H,20,21,22). The Morgan fingerprint density at radius 1 is 1.28 bits per heavy atom. The Balaban J connectivity index is 2.36. The van der Waals surface area contributed by atoms with Crippen LogP contribution in [0, 0.1) is 0 Å². The second-order valence-electron chi connectivity index (χ2n) is 4.59. The van der Waals surface area contributed by atoms with E-state index in [1.807, 2.05) is 0 Å². The third-order valence-electron chi connectivity index (χ3n) is 2.99. The number of thiazole rings is 1.